The summed E-state index contributed by atoms with van der Waals surface area (Å²) in [4.78, 5) is 9.29. The molecule has 0 aromatic heterocycles. The molecule has 1 heterocycles. The second-order valence-electron chi connectivity index (χ2n) is 1.89. The van der Waals surface area contributed by atoms with Crippen LogP contribution in [0.3, 0.4) is 0 Å². The molecule has 1 aliphatic rings. The van der Waals surface area contributed by atoms with E-state index >= 15 is 0 Å². The molecule has 1 saturated heterocycles. The lowest BCUT2D eigenvalue weighted by molar-refractivity contribution is -0.280. The summed E-state index contributed by atoms with van der Waals surface area (Å²) in [5.74, 6) is 0.774. The Kier molecular flexibility index (Phi) is 1.79. The lowest BCUT2D eigenvalue weighted by Gasteiger charge is -2.14. The standard InChI is InChI=1S/C5H10N2O2/c6-5(7)4-2-1-3-8-9-4/h1-3,6-7H2. The third kappa shape index (κ3) is 1.50. The molecular formula is C5H10N2O2. The zero-order valence-corrected chi connectivity index (χ0v) is 5.09. The molecule has 1 aliphatic heterocycles. The fourth-order valence-corrected chi connectivity index (χ4v) is 0.639. The normalized spacial score (nSPS) is 18.9. The van der Waals surface area contributed by atoms with Gasteiger partial charge in [-0.05, 0) is 6.42 Å². The maximum absolute atomic E-state index is 5.22. The highest BCUT2D eigenvalue weighted by Gasteiger charge is 2.09. The fourth-order valence-electron chi connectivity index (χ4n) is 0.639. The van der Waals surface area contributed by atoms with E-state index < -0.39 is 0 Å². The van der Waals surface area contributed by atoms with Crippen LogP contribution in [0.15, 0.2) is 11.6 Å². The summed E-state index contributed by atoms with van der Waals surface area (Å²) in [5, 5.41) is 0. The number of hydrogen-bond donors (Lipinski definition) is 2. The van der Waals surface area contributed by atoms with Crippen molar-refractivity contribution in [2.75, 3.05) is 6.61 Å². The first-order valence-electron chi connectivity index (χ1n) is 2.84. The van der Waals surface area contributed by atoms with Crippen LogP contribution in [-0.4, -0.2) is 6.61 Å². The molecule has 4 nitrogen and oxygen atoms in total. The highest BCUT2D eigenvalue weighted by atomic mass is 17.2. The van der Waals surface area contributed by atoms with Crippen molar-refractivity contribution in [2.24, 2.45) is 11.5 Å². The molecule has 0 aliphatic carbocycles. The van der Waals surface area contributed by atoms with Crippen molar-refractivity contribution in [3.05, 3.63) is 11.6 Å². The van der Waals surface area contributed by atoms with Gasteiger partial charge in [0.1, 0.15) is 5.82 Å². The predicted molar refractivity (Wildman–Crippen MR) is 31.7 cm³/mol. The summed E-state index contributed by atoms with van der Waals surface area (Å²) < 4.78 is 0. The summed E-state index contributed by atoms with van der Waals surface area (Å²) in [5.41, 5.74) is 10.4. The summed E-state index contributed by atoms with van der Waals surface area (Å²) in [6, 6.07) is 0. The van der Waals surface area contributed by atoms with Crippen molar-refractivity contribution in [3.63, 3.8) is 0 Å². The second kappa shape index (κ2) is 2.59. The molecule has 0 spiro atoms. The van der Waals surface area contributed by atoms with Gasteiger partial charge in [-0.25, -0.2) is 0 Å². The van der Waals surface area contributed by atoms with Gasteiger partial charge in [-0.15, -0.1) is 0 Å². The average molecular weight is 130 g/mol. The number of nitrogens with two attached hydrogens (primary N) is 2. The number of allylic oxidation sites excluding steroid dienone is 1. The van der Waals surface area contributed by atoms with Gasteiger partial charge in [0.2, 0.25) is 0 Å². The molecule has 0 radical (unpaired) electrons. The summed E-state index contributed by atoms with van der Waals surface area (Å²) in [7, 11) is 0. The fraction of sp³-hybridized carbons (Fsp3) is 0.600. The Morgan fingerprint density at radius 1 is 1.44 bits per heavy atom. The van der Waals surface area contributed by atoms with Gasteiger partial charge in [-0.2, -0.15) is 4.89 Å². The minimum Gasteiger partial charge on any atom is -0.383 e. The van der Waals surface area contributed by atoms with Crippen LogP contribution in [0, 0.1) is 0 Å². The molecule has 0 saturated carbocycles. The van der Waals surface area contributed by atoms with Crippen LogP contribution in [0.2, 0.25) is 0 Å². The van der Waals surface area contributed by atoms with Crippen molar-refractivity contribution in [3.8, 4) is 0 Å². The molecule has 4 N–H and O–H groups in total. The highest BCUT2D eigenvalue weighted by molar-refractivity contribution is 4.99. The SMILES string of the molecule is NC(N)=C1CCCOO1. The summed E-state index contributed by atoms with van der Waals surface area (Å²) in [6.45, 7) is 0.622. The zero-order valence-electron chi connectivity index (χ0n) is 5.09. The van der Waals surface area contributed by atoms with E-state index in [-0.39, 0.29) is 5.82 Å². The molecule has 4 heteroatoms. The third-order valence-corrected chi connectivity index (χ3v) is 1.11. The molecule has 0 atom stereocenters. The van der Waals surface area contributed by atoms with Crippen LogP contribution < -0.4 is 11.5 Å². The molecule has 52 valence electrons. The van der Waals surface area contributed by atoms with E-state index in [1.807, 2.05) is 0 Å². The quantitative estimate of drug-likeness (QED) is 0.446. The molecule has 0 aromatic rings. The maximum Gasteiger partial charge on any atom is 0.181 e. The van der Waals surface area contributed by atoms with E-state index in [1.54, 1.807) is 0 Å². The molecule has 9 heavy (non-hydrogen) atoms. The molecule has 0 amide bonds. The van der Waals surface area contributed by atoms with Crippen LogP contribution >= 0.6 is 0 Å². The minimum absolute atomic E-state index is 0.217. The van der Waals surface area contributed by atoms with E-state index in [0.717, 1.165) is 12.8 Å². The predicted octanol–water partition coefficient (Wildman–Crippen LogP) is -0.185. The van der Waals surface area contributed by atoms with Gasteiger partial charge >= 0.3 is 0 Å². The lowest BCUT2D eigenvalue weighted by atomic mass is 10.2. The van der Waals surface area contributed by atoms with E-state index in [4.69, 9.17) is 11.5 Å². The molecular weight excluding hydrogens is 120 g/mol. The van der Waals surface area contributed by atoms with E-state index in [1.165, 1.54) is 0 Å². The summed E-state index contributed by atoms with van der Waals surface area (Å²) in [6.07, 6.45) is 1.70. The third-order valence-electron chi connectivity index (χ3n) is 1.11. The molecule has 1 fully saturated rings. The second-order valence-corrected chi connectivity index (χ2v) is 1.89. The van der Waals surface area contributed by atoms with Gasteiger partial charge < -0.3 is 16.4 Å². The Balaban J connectivity index is 2.49. The van der Waals surface area contributed by atoms with Gasteiger partial charge in [0, 0.05) is 6.42 Å². The Morgan fingerprint density at radius 3 is 2.56 bits per heavy atom. The molecule has 1 rings (SSSR count). The zero-order chi connectivity index (χ0) is 6.69. The van der Waals surface area contributed by atoms with E-state index in [2.05, 4.69) is 9.78 Å². The Morgan fingerprint density at radius 2 is 2.22 bits per heavy atom. The first-order chi connectivity index (χ1) is 4.30. The van der Waals surface area contributed by atoms with Crippen LogP contribution in [0.25, 0.3) is 0 Å². The van der Waals surface area contributed by atoms with Crippen molar-refractivity contribution in [1.82, 2.24) is 0 Å². The molecule has 0 aromatic carbocycles. The van der Waals surface area contributed by atoms with Crippen molar-refractivity contribution in [2.45, 2.75) is 12.8 Å². The Labute approximate surface area is 53.3 Å². The monoisotopic (exact) mass is 130 g/mol. The average Bonchev–Trinajstić information content (AvgIpc) is 1.90. The Bertz CT molecular complexity index is 121. The van der Waals surface area contributed by atoms with Gasteiger partial charge in [0.05, 0.1) is 6.61 Å². The van der Waals surface area contributed by atoms with Crippen LogP contribution in [0.5, 0.6) is 0 Å². The van der Waals surface area contributed by atoms with Crippen molar-refractivity contribution < 1.29 is 9.78 Å². The largest absolute Gasteiger partial charge is 0.383 e. The van der Waals surface area contributed by atoms with E-state index in [0.29, 0.717) is 12.4 Å². The molecule has 0 bridgehead atoms. The van der Waals surface area contributed by atoms with Gasteiger partial charge in [-0.1, -0.05) is 0 Å². The lowest BCUT2D eigenvalue weighted by Crippen LogP contribution is -2.17. The van der Waals surface area contributed by atoms with E-state index in [9.17, 15) is 0 Å². The highest BCUT2D eigenvalue weighted by Crippen LogP contribution is 2.13. The minimum atomic E-state index is 0.217. The number of rotatable bonds is 0. The van der Waals surface area contributed by atoms with Crippen LogP contribution in [0.4, 0.5) is 0 Å². The first-order valence-corrected chi connectivity index (χ1v) is 2.84. The van der Waals surface area contributed by atoms with Gasteiger partial charge in [0.15, 0.2) is 5.76 Å². The smallest absolute Gasteiger partial charge is 0.181 e. The van der Waals surface area contributed by atoms with Crippen LogP contribution in [-0.2, 0) is 9.78 Å². The van der Waals surface area contributed by atoms with Gasteiger partial charge in [-0.3, -0.25) is 0 Å². The summed E-state index contributed by atoms with van der Waals surface area (Å²) >= 11 is 0. The van der Waals surface area contributed by atoms with Crippen molar-refractivity contribution in [1.29, 1.82) is 0 Å². The van der Waals surface area contributed by atoms with Crippen LogP contribution in [0.1, 0.15) is 12.8 Å². The van der Waals surface area contributed by atoms with Gasteiger partial charge in [0.25, 0.3) is 0 Å². The first kappa shape index (κ1) is 6.22. The topological polar surface area (TPSA) is 70.5 Å². The maximum atomic E-state index is 5.22. The number of hydrogen-bond acceptors (Lipinski definition) is 4. The van der Waals surface area contributed by atoms with Crippen molar-refractivity contribution >= 4 is 0 Å². The molecule has 0 unspecified atom stereocenters. The Hall–Kier alpha value is -0.900.